The predicted molar refractivity (Wildman–Crippen MR) is 85.5 cm³/mol. The van der Waals surface area contributed by atoms with Gasteiger partial charge in [0.25, 0.3) is 0 Å². The third kappa shape index (κ3) is 3.64. The average molecular weight is 330 g/mol. The summed E-state index contributed by atoms with van der Waals surface area (Å²) < 4.78 is 5.69. The van der Waals surface area contributed by atoms with Gasteiger partial charge in [0.05, 0.1) is 11.1 Å². The molecule has 116 valence electrons. The van der Waals surface area contributed by atoms with Gasteiger partial charge in [-0.1, -0.05) is 17.7 Å². The van der Waals surface area contributed by atoms with E-state index < -0.39 is 0 Å². The van der Waals surface area contributed by atoms with Crippen LogP contribution in [0.15, 0.2) is 94.1 Å². The first-order valence-corrected chi connectivity index (χ1v) is 6.76. The van der Waals surface area contributed by atoms with E-state index in [0.717, 1.165) is 5.56 Å². The summed E-state index contributed by atoms with van der Waals surface area (Å²) in [5.41, 5.74) is 1.56. The molecule has 1 heterocycles. The van der Waals surface area contributed by atoms with Crippen LogP contribution in [0.4, 0.5) is 0 Å². The molecule has 0 aliphatic carbocycles. The number of hydrogen-bond donors (Lipinski definition) is 0. The summed E-state index contributed by atoms with van der Waals surface area (Å²) in [5.74, 6) is 0.619. The van der Waals surface area contributed by atoms with Gasteiger partial charge in [0.1, 0.15) is 5.58 Å². The van der Waals surface area contributed by atoms with Crippen LogP contribution in [0.5, 0.6) is 0 Å². The molecular weight excluding hydrogens is 316 g/mol. The standard InChI is InChI=1S/C14H9O2.C5H5.Fe/c15-12-9-14(10-5-1-2-6-10)16-13-8-4-3-7-11(12)13;1-2-4-5-3-1;/h1-9H;1-5H;/q-1;-5;. The third-order valence-corrected chi connectivity index (χ3v) is 3.14. The molecule has 0 spiro atoms. The molecule has 3 aromatic carbocycles. The van der Waals surface area contributed by atoms with Crippen LogP contribution in [-0.4, -0.2) is 0 Å². The molecule has 0 aliphatic heterocycles. The molecule has 2 nitrogen and oxygen atoms in total. The Labute approximate surface area is 139 Å². The number of hydrogen-bond acceptors (Lipinski definition) is 2. The first-order chi connectivity index (χ1) is 10.3. The number of para-hydroxylation sites is 1. The first-order valence-electron chi connectivity index (χ1n) is 6.76. The van der Waals surface area contributed by atoms with Gasteiger partial charge < -0.3 is 39.5 Å². The molecule has 0 N–H and O–H groups in total. The van der Waals surface area contributed by atoms with Crippen molar-refractivity contribution < 1.29 is 21.5 Å². The Morgan fingerprint density at radius 3 is 2.09 bits per heavy atom. The molecule has 1 aromatic heterocycles. The average Bonchev–Trinajstić information content (AvgIpc) is 3.23. The molecule has 0 radical (unpaired) electrons. The second-order valence-corrected chi connectivity index (χ2v) is 4.61. The first kappa shape index (κ1) is 16.0. The minimum absolute atomic E-state index is 0. The summed E-state index contributed by atoms with van der Waals surface area (Å²) in [6, 6.07) is 26.5. The van der Waals surface area contributed by atoms with E-state index in [1.54, 1.807) is 6.07 Å². The molecule has 4 aromatic rings. The van der Waals surface area contributed by atoms with Crippen molar-refractivity contribution in [3.05, 3.63) is 95.2 Å². The molecule has 0 atom stereocenters. The minimum atomic E-state index is -0.00181. The maximum absolute atomic E-state index is 11.8. The molecule has 0 saturated carbocycles. The summed E-state index contributed by atoms with van der Waals surface area (Å²) in [6.07, 6.45) is 0. The van der Waals surface area contributed by atoms with Crippen LogP contribution in [-0.2, 0) is 17.1 Å². The zero-order chi connectivity index (χ0) is 14.5. The summed E-state index contributed by atoms with van der Waals surface area (Å²) in [6.45, 7) is 0. The molecule has 0 aliphatic rings. The Hall–Kier alpha value is -2.35. The molecule has 0 bridgehead atoms. The van der Waals surface area contributed by atoms with Crippen LogP contribution in [0.1, 0.15) is 0 Å². The second-order valence-electron chi connectivity index (χ2n) is 4.61. The van der Waals surface area contributed by atoms with E-state index in [4.69, 9.17) is 4.42 Å². The van der Waals surface area contributed by atoms with Gasteiger partial charge in [0.2, 0.25) is 0 Å². The van der Waals surface area contributed by atoms with Crippen molar-refractivity contribution in [1.29, 1.82) is 0 Å². The van der Waals surface area contributed by atoms with Gasteiger partial charge >= 0.3 is 0 Å². The Balaban J connectivity index is 0.000000253. The summed E-state index contributed by atoms with van der Waals surface area (Å²) in [4.78, 5) is 11.8. The van der Waals surface area contributed by atoms with Crippen molar-refractivity contribution >= 4 is 11.0 Å². The minimum Gasteiger partial charge on any atom is -0.748 e. The number of benzene rings is 1. The van der Waals surface area contributed by atoms with Crippen molar-refractivity contribution in [2.45, 2.75) is 0 Å². The van der Waals surface area contributed by atoms with Crippen LogP contribution in [0.3, 0.4) is 0 Å². The maximum atomic E-state index is 11.8. The van der Waals surface area contributed by atoms with Crippen molar-refractivity contribution in [2.24, 2.45) is 0 Å². The monoisotopic (exact) mass is 330 g/mol. The zero-order valence-electron chi connectivity index (χ0n) is 11.8. The number of fused-ring (bicyclic) bond motifs is 1. The predicted octanol–water partition coefficient (Wildman–Crippen LogP) is 4.58. The van der Waals surface area contributed by atoms with E-state index >= 15 is 0 Å². The summed E-state index contributed by atoms with van der Waals surface area (Å²) >= 11 is 0. The van der Waals surface area contributed by atoms with Gasteiger partial charge in [0.15, 0.2) is 5.43 Å². The Morgan fingerprint density at radius 1 is 0.864 bits per heavy atom. The fraction of sp³-hybridized carbons (Fsp3) is 0. The van der Waals surface area contributed by atoms with E-state index in [0.29, 0.717) is 16.7 Å². The van der Waals surface area contributed by atoms with Crippen molar-refractivity contribution in [2.75, 3.05) is 0 Å². The van der Waals surface area contributed by atoms with Crippen LogP contribution in [0.2, 0.25) is 0 Å². The Morgan fingerprint density at radius 2 is 1.45 bits per heavy atom. The quantitative estimate of drug-likeness (QED) is 0.378. The number of rotatable bonds is 1. The van der Waals surface area contributed by atoms with E-state index in [1.807, 2.05) is 72.8 Å². The largest absolute Gasteiger partial charge is 0.748 e. The summed E-state index contributed by atoms with van der Waals surface area (Å²) in [5, 5.41) is 0.623. The molecule has 4 rings (SSSR count). The van der Waals surface area contributed by atoms with Crippen molar-refractivity contribution in [1.82, 2.24) is 0 Å². The van der Waals surface area contributed by atoms with E-state index in [-0.39, 0.29) is 22.5 Å². The molecule has 0 unspecified atom stereocenters. The van der Waals surface area contributed by atoms with Gasteiger partial charge in [0, 0.05) is 17.1 Å². The SMILES string of the molecule is O=c1cc(-[c-]2cccc2)oc2ccccc12.[Fe].[cH-]1[cH-][cH-][cH-][cH-]1. The Bertz CT molecular complexity index is 839. The third-order valence-electron chi connectivity index (χ3n) is 3.14. The van der Waals surface area contributed by atoms with Crippen LogP contribution >= 0.6 is 0 Å². The van der Waals surface area contributed by atoms with E-state index in [2.05, 4.69) is 0 Å². The summed E-state index contributed by atoms with van der Waals surface area (Å²) in [7, 11) is 0. The van der Waals surface area contributed by atoms with Gasteiger partial charge in [-0.25, -0.2) is 0 Å². The molecular formula is C19H14FeO2-6. The topological polar surface area (TPSA) is 30.2 Å². The van der Waals surface area contributed by atoms with Gasteiger partial charge in [-0.2, -0.15) is 12.1 Å². The van der Waals surface area contributed by atoms with Crippen molar-refractivity contribution in [3.63, 3.8) is 0 Å². The normalized spacial score (nSPS) is 9.64. The van der Waals surface area contributed by atoms with Crippen LogP contribution < -0.4 is 5.43 Å². The molecule has 3 heteroatoms. The fourth-order valence-electron chi connectivity index (χ4n) is 2.11. The molecule has 22 heavy (non-hydrogen) atoms. The smallest absolute Gasteiger partial charge is 0.153 e. The molecule has 0 amide bonds. The van der Waals surface area contributed by atoms with Crippen molar-refractivity contribution in [3.8, 4) is 11.3 Å². The van der Waals surface area contributed by atoms with Gasteiger partial charge in [-0.05, 0) is 18.2 Å². The Kier molecular flexibility index (Phi) is 5.54. The van der Waals surface area contributed by atoms with Crippen LogP contribution in [0, 0.1) is 0 Å². The van der Waals surface area contributed by atoms with Crippen LogP contribution in [0.25, 0.3) is 22.3 Å². The maximum Gasteiger partial charge on any atom is 0.153 e. The van der Waals surface area contributed by atoms with E-state index in [1.165, 1.54) is 6.07 Å². The zero-order valence-corrected chi connectivity index (χ0v) is 12.9. The van der Waals surface area contributed by atoms with E-state index in [9.17, 15) is 4.79 Å². The molecule has 0 saturated heterocycles. The van der Waals surface area contributed by atoms with Gasteiger partial charge in [-0.15, -0.1) is 12.1 Å². The second kappa shape index (κ2) is 7.60. The molecule has 0 fully saturated rings. The van der Waals surface area contributed by atoms with Gasteiger partial charge in [-0.3, -0.25) is 0 Å². The fourth-order valence-corrected chi connectivity index (χ4v) is 2.11.